The molecule has 4 nitrogen and oxygen atoms in total. The zero-order chi connectivity index (χ0) is 14.4. The Morgan fingerprint density at radius 2 is 2.10 bits per heavy atom. The third kappa shape index (κ3) is 3.33. The van der Waals surface area contributed by atoms with Crippen LogP contribution < -0.4 is 10.1 Å². The lowest BCUT2D eigenvalue weighted by molar-refractivity contribution is 0.384. The molecule has 0 saturated carbocycles. The Bertz CT molecular complexity index is 540. The number of pyridine rings is 2. The van der Waals surface area contributed by atoms with Crippen molar-refractivity contribution in [2.45, 2.75) is 25.8 Å². The number of nitrogens with zero attached hydrogens (tertiary/aromatic N) is 2. The number of likely N-dealkylation sites (N-methyl/N-ethyl adjacent to an activating group) is 1. The van der Waals surface area contributed by atoms with E-state index in [9.17, 15) is 0 Å². The van der Waals surface area contributed by atoms with Crippen molar-refractivity contribution < 1.29 is 4.74 Å². The van der Waals surface area contributed by atoms with Gasteiger partial charge in [-0.05, 0) is 31.2 Å². The van der Waals surface area contributed by atoms with Gasteiger partial charge in [0.2, 0.25) is 5.88 Å². The molecule has 2 aromatic rings. The Kier molecular flexibility index (Phi) is 5.07. The smallest absolute Gasteiger partial charge is 0.217 e. The molecule has 4 heteroatoms. The molecule has 0 amide bonds. The van der Waals surface area contributed by atoms with Crippen LogP contribution >= 0.6 is 0 Å². The lowest BCUT2D eigenvalue weighted by Gasteiger charge is -2.18. The maximum absolute atomic E-state index is 5.33. The zero-order valence-corrected chi connectivity index (χ0v) is 12.3. The van der Waals surface area contributed by atoms with E-state index >= 15 is 0 Å². The molecule has 0 aromatic carbocycles. The molecule has 0 aliphatic carbocycles. The van der Waals surface area contributed by atoms with Crippen LogP contribution in [0.2, 0.25) is 0 Å². The van der Waals surface area contributed by atoms with Gasteiger partial charge in [0.15, 0.2) is 0 Å². The van der Waals surface area contributed by atoms with Gasteiger partial charge in [-0.2, -0.15) is 0 Å². The standard InChI is InChI=1S/C16H21N3O/c1-4-12-7-8-13(19-11-12)10-15(17-2)14-6-5-9-18-16(14)20-3/h5-9,11,15,17H,4,10H2,1-3H3. The number of methoxy groups -OCH3 is 1. The van der Waals surface area contributed by atoms with E-state index in [1.165, 1.54) is 5.56 Å². The van der Waals surface area contributed by atoms with Crippen molar-refractivity contribution in [1.82, 2.24) is 15.3 Å². The molecule has 2 aromatic heterocycles. The predicted octanol–water partition coefficient (Wildman–Crippen LogP) is 2.55. The molecule has 1 N–H and O–H groups in total. The van der Waals surface area contributed by atoms with E-state index in [1.54, 1.807) is 13.3 Å². The van der Waals surface area contributed by atoms with E-state index in [4.69, 9.17) is 4.74 Å². The van der Waals surface area contributed by atoms with Gasteiger partial charge in [-0.3, -0.25) is 4.98 Å². The van der Waals surface area contributed by atoms with Crippen molar-refractivity contribution in [3.8, 4) is 5.88 Å². The number of ether oxygens (including phenoxy) is 1. The quantitative estimate of drug-likeness (QED) is 0.877. The van der Waals surface area contributed by atoms with Gasteiger partial charge in [0.05, 0.1) is 7.11 Å². The molecule has 2 heterocycles. The van der Waals surface area contributed by atoms with E-state index in [0.717, 1.165) is 24.1 Å². The van der Waals surface area contributed by atoms with Crippen LogP contribution in [0.1, 0.15) is 29.8 Å². The number of aryl methyl sites for hydroxylation is 1. The van der Waals surface area contributed by atoms with E-state index in [0.29, 0.717) is 5.88 Å². The molecular formula is C16H21N3O. The van der Waals surface area contributed by atoms with Crippen molar-refractivity contribution in [2.24, 2.45) is 0 Å². The van der Waals surface area contributed by atoms with Crippen LogP contribution in [-0.2, 0) is 12.8 Å². The number of hydrogen-bond acceptors (Lipinski definition) is 4. The Morgan fingerprint density at radius 3 is 2.70 bits per heavy atom. The fourth-order valence-electron chi connectivity index (χ4n) is 2.20. The molecule has 0 saturated heterocycles. The second-order valence-electron chi connectivity index (χ2n) is 4.66. The molecule has 0 spiro atoms. The third-order valence-electron chi connectivity index (χ3n) is 3.43. The Labute approximate surface area is 120 Å². The lowest BCUT2D eigenvalue weighted by Crippen LogP contribution is -2.20. The highest BCUT2D eigenvalue weighted by molar-refractivity contribution is 5.30. The maximum Gasteiger partial charge on any atom is 0.217 e. The normalized spacial score (nSPS) is 12.2. The zero-order valence-electron chi connectivity index (χ0n) is 12.3. The molecular weight excluding hydrogens is 250 g/mol. The summed E-state index contributed by atoms with van der Waals surface area (Å²) in [4.78, 5) is 8.77. The van der Waals surface area contributed by atoms with Gasteiger partial charge in [0.1, 0.15) is 0 Å². The largest absolute Gasteiger partial charge is 0.481 e. The summed E-state index contributed by atoms with van der Waals surface area (Å²) in [6.45, 7) is 2.13. The molecule has 0 radical (unpaired) electrons. The first-order valence-corrected chi connectivity index (χ1v) is 6.88. The second-order valence-corrected chi connectivity index (χ2v) is 4.66. The van der Waals surface area contributed by atoms with Gasteiger partial charge in [0, 0.05) is 36.1 Å². The molecule has 0 aliphatic heterocycles. The van der Waals surface area contributed by atoms with Crippen molar-refractivity contribution in [1.29, 1.82) is 0 Å². The van der Waals surface area contributed by atoms with Gasteiger partial charge in [-0.15, -0.1) is 0 Å². The summed E-state index contributed by atoms with van der Waals surface area (Å²) in [5.41, 5.74) is 3.38. The van der Waals surface area contributed by atoms with E-state index < -0.39 is 0 Å². The van der Waals surface area contributed by atoms with Gasteiger partial charge >= 0.3 is 0 Å². The number of rotatable bonds is 6. The maximum atomic E-state index is 5.33. The first-order valence-electron chi connectivity index (χ1n) is 6.88. The Hall–Kier alpha value is -1.94. The van der Waals surface area contributed by atoms with Crippen LogP contribution in [-0.4, -0.2) is 24.1 Å². The van der Waals surface area contributed by atoms with Gasteiger partial charge in [0.25, 0.3) is 0 Å². The summed E-state index contributed by atoms with van der Waals surface area (Å²) in [7, 11) is 3.59. The molecule has 0 bridgehead atoms. The summed E-state index contributed by atoms with van der Waals surface area (Å²) in [6.07, 6.45) is 5.51. The second kappa shape index (κ2) is 7.01. The SMILES string of the molecule is CCc1ccc(CC(NC)c2cccnc2OC)nc1. The highest BCUT2D eigenvalue weighted by Gasteiger charge is 2.16. The average molecular weight is 271 g/mol. The third-order valence-corrected chi connectivity index (χ3v) is 3.43. The van der Waals surface area contributed by atoms with E-state index in [2.05, 4.69) is 34.3 Å². The minimum atomic E-state index is 0.138. The first kappa shape index (κ1) is 14.5. The summed E-state index contributed by atoms with van der Waals surface area (Å²) in [6, 6.07) is 8.32. The topological polar surface area (TPSA) is 47.0 Å². The van der Waals surface area contributed by atoms with Gasteiger partial charge in [-0.25, -0.2) is 4.98 Å². The minimum absolute atomic E-state index is 0.138. The van der Waals surface area contributed by atoms with Crippen LogP contribution in [0.25, 0.3) is 0 Å². The first-order chi connectivity index (χ1) is 9.78. The fourth-order valence-corrected chi connectivity index (χ4v) is 2.20. The van der Waals surface area contributed by atoms with E-state index in [-0.39, 0.29) is 6.04 Å². The average Bonchev–Trinajstić information content (AvgIpc) is 2.53. The number of nitrogens with one attached hydrogen (secondary N) is 1. The van der Waals surface area contributed by atoms with Crippen LogP contribution in [0.15, 0.2) is 36.7 Å². The Morgan fingerprint density at radius 1 is 1.25 bits per heavy atom. The predicted molar refractivity (Wildman–Crippen MR) is 79.9 cm³/mol. The lowest BCUT2D eigenvalue weighted by atomic mass is 10.0. The van der Waals surface area contributed by atoms with Crippen LogP contribution in [0.4, 0.5) is 0 Å². The van der Waals surface area contributed by atoms with Crippen LogP contribution in [0.5, 0.6) is 5.88 Å². The molecule has 2 rings (SSSR count). The van der Waals surface area contributed by atoms with Crippen LogP contribution in [0, 0.1) is 0 Å². The molecule has 106 valence electrons. The monoisotopic (exact) mass is 271 g/mol. The number of hydrogen-bond donors (Lipinski definition) is 1. The molecule has 20 heavy (non-hydrogen) atoms. The molecule has 0 fully saturated rings. The number of aromatic nitrogens is 2. The molecule has 1 atom stereocenters. The highest BCUT2D eigenvalue weighted by Crippen LogP contribution is 2.24. The summed E-state index contributed by atoms with van der Waals surface area (Å²) < 4.78 is 5.33. The van der Waals surface area contributed by atoms with Crippen molar-refractivity contribution in [3.05, 3.63) is 53.5 Å². The van der Waals surface area contributed by atoms with Crippen molar-refractivity contribution in [3.63, 3.8) is 0 Å². The van der Waals surface area contributed by atoms with E-state index in [1.807, 2.05) is 25.4 Å². The fraction of sp³-hybridized carbons (Fsp3) is 0.375. The van der Waals surface area contributed by atoms with Crippen molar-refractivity contribution in [2.75, 3.05) is 14.2 Å². The van der Waals surface area contributed by atoms with Gasteiger partial charge in [-0.1, -0.05) is 19.1 Å². The minimum Gasteiger partial charge on any atom is -0.481 e. The Balaban J connectivity index is 2.19. The van der Waals surface area contributed by atoms with Crippen LogP contribution in [0.3, 0.4) is 0 Å². The van der Waals surface area contributed by atoms with Gasteiger partial charge < -0.3 is 10.1 Å². The summed E-state index contributed by atoms with van der Waals surface area (Å²) in [5, 5.41) is 3.31. The van der Waals surface area contributed by atoms with Crippen molar-refractivity contribution >= 4 is 0 Å². The molecule has 0 aliphatic rings. The summed E-state index contributed by atoms with van der Waals surface area (Å²) >= 11 is 0. The highest BCUT2D eigenvalue weighted by atomic mass is 16.5. The molecule has 1 unspecified atom stereocenters. The summed E-state index contributed by atoms with van der Waals surface area (Å²) in [5.74, 6) is 0.664.